The van der Waals surface area contributed by atoms with Gasteiger partial charge in [0.05, 0.1) is 17.7 Å². The van der Waals surface area contributed by atoms with Crippen LogP contribution in [-0.4, -0.2) is 30.0 Å². The van der Waals surface area contributed by atoms with E-state index in [9.17, 15) is 4.79 Å². The summed E-state index contributed by atoms with van der Waals surface area (Å²) in [6.45, 7) is 1.91. The Morgan fingerprint density at radius 1 is 1.33 bits per heavy atom. The molecule has 0 fully saturated rings. The SMILES string of the molecule is CC(O)CN=CC=C(N)S(=N)NC(=O)Nc1c2c(cc3c1CCC3)CCC2. The minimum atomic E-state index is -1.36. The number of carbonyl (C=O) groups is 1. The molecule has 0 saturated carbocycles. The van der Waals surface area contributed by atoms with Crippen molar-refractivity contribution < 1.29 is 9.90 Å². The van der Waals surface area contributed by atoms with Gasteiger partial charge in [0.15, 0.2) is 0 Å². The van der Waals surface area contributed by atoms with Gasteiger partial charge in [0.25, 0.3) is 0 Å². The quantitative estimate of drug-likeness (QED) is 0.480. The van der Waals surface area contributed by atoms with Gasteiger partial charge in [-0.05, 0) is 73.8 Å². The van der Waals surface area contributed by atoms with Crippen LogP contribution in [0.15, 0.2) is 22.2 Å². The molecule has 2 amide bonds. The summed E-state index contributed by atoms with van der Waals surface area (Å²) >= 11 is 0. The first-order valence-electron chi connectivity index (χ1n) is 9.29. The third kappa shape index (κ3) is 4.75. The number of rotatable bonds is 6. The number of carbonyl (C=O) groups excluding carboxylic acids is 1. The standard InChI is InChI=1S/C19H27N5O2S/c1-12(25)11-22-9-8-17(20)27(21)24-19(26)23-18-15-6-2-4-13(15)10-14-5-3-7-16(14)18/h8-10,12,25H,2-7,11,20H2,1H3,(H3,21,23,24,26). The summed E-state index contributed by atoms with van der Waals surface area (Å²) in [5, 5.41) is 12.4. The molecule has 0 spiro atoms. The second-order valence-electron chi connectivity index (χ2n) is 7.03. The number of nitrogens with two attached hydrogens (primary N) is 1. The molecule has 0 bridgehead atoms. The number of aliphatic imine (C=N–C) groups is 1. The molecule has 1 aromatic rings. The van der Waals surface area contributed by atoms with Crippen LogP contribution < -0.4 is 15.8 Å². The lowest BCUT2D eigenvalue weighted by atomic mass is 9.99. The van der Waals surface area contributed by atoms with Gasteiger partial charge in [-0.1, -0.05) is 6.07 Å². The lowest BCUT2D eigenvalue weighted by Gasteiger charge is -2.17. The van der Waals surface area contributed by atoms with Gasteiger partial charge in [-0.2, -0.15) is 0 Å². The van der Waals surface area contributed by atoms with E-state index in [2.05, 4.69) is 21.1 Å². The van der Waals surface area contributed by atoms with Crippen LogP contribution in [0, 0.1) is 4.78 Å². The second-order valence-corrected chi connectivity index (χ2v) is 8.32. The number of nitrogens with one attached hydrogen (secondary N) is 3. The third-order valence-electron chi connectivity index (χ3n) is 4.86. The van der Waals surface area contributed by atoms with Gasteiger partial charge < -0.3 is 16.2 Å². The molecule has 8 heteroatoms. The number of anilines is 1. The maximum Gasteiger partial charge on any atom is 0.330 e. The Morgan fingerprint density at radius 3 is 2.56 bits per heavy atom. The molecular formula is C19H27N5O2S. The number of hydrogen-bond acceptors (Lipinski definition) is 5. The minimum absolute atomic E-state index is 0.211. The molecule has 2 atom stereocenters. The van der Waals surface area contributed by atoms with Crippen LogP contribution in [0.25, 0.3) is 0 Å². The normalized spacial score (nSPS) is 18.2. The average Bonchev–Trinajstić information content (AvgIpc) is 3.26. The van der Waals surface area contributed by atoms with Gasteiger partial charge >= 0.3 is 6.03 Å². The van der Waals surface area contributed by atoms with Crippen molar-refractivity contribution >= 4 is 28.8 Å². The van der Waals surface area contributed by atoms with E-state index < -0.39 is 23.0 Å². The number of hydrogen-bond donors (Lipinski definition) is 5. The summed E-state index contributed by atoms with van der Waals surface area (Å²) in [4.78, 5) is 16.4. The first kappa shape index (κ1) is 19.6. The molecule has 2 unspecified atom stereocenters. The molecule has 0 aliphatic heterocycles. The van der Waals surface area contributed by atoms with E-state index in [1.165, 1.54) is 34.5 Å². The highest BCUT2D eigenvalue weighted by Gasteiger charge is 2.25. The highest BCUT2D eigenvalue weighted by molar-refractivity contribution is 7.88. The molecule has 3 rings (SSSR count). The molecule has 0 saturated heterocycles. The van der Waals surface area contributed by atoms with E-state index in [-0.39, 0.29) is 11.6 Å². The molecule has 0 heterocycles. The molecule has 7 nitrogen and oxygen atoms in total. The number of aliphatic hydroxyl groups excluding tert-OH is 1. The number of nitrogens with zero attached hydrogens (tertiary/aromatic N) is 1. The molecule has 0 radical (unpaired) electrons. The van der Waals surface area contributed by atoms with E-state index in [0.29, 0.717) is 0 Å². The summed E-state index contributed by atoms with van der Waals surface area (Å²) in [5.74, 6) is 0. The molecule has 2 aliphatic carbocycles. The zero-order valence-electron chi connectivity index (χ0n) is 15.5. The summed E-state index contributed by atoms with van der Waals surface area (Å²) < 4.78 is 10.7. The van der Waals surface area contributed by atoms with Gasteiger partial charge in [0, 0.05) is 22.8 Å². The Kier molecular flexibility index (Phi) is 6.28. The van der Waals surface area contributed by atoms with Crippen LogP contribution in [0.3, 0.4) is 0 Å². The van der Waals surface area contributed by atoms with Crippen molar-refractivity contribution in [2.45, 2.75) is 51.6 Å². The lowest BCUT2D eigenvalue weighted by Crippen LogP contribution is -2.32. The summed E-state index contributed by atoms with van der Waals surface area (Å²) in [7, 11) is -1.36. The monoisotopic (exact) mass is 389 g/mol. The largest absolute Gasteiger partial charge is 0.391 e. The smallest absolute Gasteiger partial charge is 0.330 e. The molecule has 1 aromatic carbocycles. The van der Waals surface area contributed by atoms with Crippen molar-refractivity contribution in [3.05, 3.63) is 39.4 Å². The average molecular weight is 390 g/mol. The van der Waals surface area contributed by atoms with Gasteiger partial charge in [0.1, 0.15) is 0 Å². The number of aliphatic hydroxyl groups is 1. The number of allylic oxidation sites excluding steroid dienone is 1. The van der Waals surface area contributed by atoms with Crippen molar-refractivity contribution in [2.24, 2.45) is 10.7 Å². The topological polar surface area (TPSA) is 124 Å². The van der Waals surface area contributed by atoms with Crippen molar-refractivity contribution in [1.82, 2.24) is 4.72 Å². The zero-order chi connectivity index (χ0) is 19.4. The number of amides is 2. The third-order valence-corrected chi connectivity index (χ3v) is 5.85. The molecular weight excluding hydrogens is 362 g/mol. The van der Waals surface area contributed by atoms with E-state index in [1.807, 2.05) is 0 Å². The fourth-order valence-electron chi connectivity index (χ4n) is 3.67. The highest BCUT2D eigenvalue weighted by atomic mass is 32.2. The second kappa shape index (κ2) is 8.67. The van der Waals surface area contributed by atoms with Crippen molar-refractivity contribution in [3.63, 3.8) is 0 Å². The molecule has 6 N–H and O–H groups in total. The number of benzene rings is 1. The van der Waals surface area contributed by atoms with Gasteiger partial charge in [-0.25, -0.2) is 4.79 Å². The Bertz CT molecular complexity index is 785. The van der Waals surface area contributed by atoms with Gasteiger partial charge in [0.2, 0.25) is 0 Å². The van der Waals surface area contributed by atoms with Crippen LogP contribution in [0.4, 0.5) is 10.5 Å². The predicted molar refractivity (Wildman–Crippen MR) is 110 cm³/mol. The molecule has 27 heavy (non-hydrogen) atoms. The first-order valence-corrected chi connectivity index (χ1v) is 10.5. The molecule has 2 aliphatic rings. The van der Waals surface area contributed by atoms with Gasteiger partial charge in [-0.15, -0.1) is 0 Å². The minimum Gasteiger partial charge on any atom is -0.391 e. The Balaban J connectivity index is 1.66. The zero-order valence-corrected chi connectivity index (χ0v) is 16.4. The Morgan fingerprint density at radius 2 is 1.96 bits per heavy atom. The summed E-state index contributed by atoms with van der Waals surface area (Å²) in [5.41, 5.74) is 12.0. The predicted octanol–water partition coefficient (Wildman–Crippen LogP) is 2.33. The number of urea groups is 1. The number of aryl methyl sites for hydroxylation is 2. The van der Waals surface area contributed by atoms with E-state index in [1.54, 1.807) is 6.92 Å². The fourth-order valence-corrected chi connectivity index (χ4v) is 4.22. The van der Waals surface area contributed by atoms with Gasteiger partial charge in [-0.3, -0.25) is 14.5 Å². The van der Waals surface area contributed by atoms with Crippen LogP contribution in [0.1, 0.15) is 42.0 Å². The van der Waals surface area contributed by atoms with Crippen molar-refractivity contribution in [1.29, 1.82) is 4.78 Å². The van der Waals surface area contributed by atoms with E-state index in [0.717, 1.165) is 44.2 Å². The van der Waals surface area contributed by atoms with Crippen LogP contribution in [-0.2, 0) is 36.6 Å². The Hall–Kier alpha value is -2.19. The lowest BCUT2D eigenvalue weighted by molar-refractivity contribution is 0.204. The Labute approximate surface area is 162 Å². The maximum absolute atomic E-state index is 12.5. The molecule has 146 valence electrons. The summed E-state index contributed by atoms with van der Waals surface area (Å²) in [6.07, 6.45) is 8.79. The fraction of sp³-hybridized carbons (Fsp3) is 0.474. The van der Waals surface area contributed by atoms with E-state index >= 15 is 0 Å². The summed E-state index contributed by atoms with van der Waals surface area (Å²) in [6, 6.07) is 1.91. The highest BCUT2D eigenvalue weighted by Crippen LogP contribution is 2.38. The van der Waals surface area contributed by atoms with Crippen molar-refractivity contribution in [3.8, 4) is 0 Å². The molecule has 0 aromatic heterocycles. The maximum atomic E-state index is 12.5. The van der Waals surface area contributed by atoms with E-state index in [4.69, 9.17) is 15.6 Å². The first-order chi connectivity index (χ1) is 13.0. The van der Waals surface area contributed by atoms with Crippen molar-refractivity contribution in [2.75, 3.05) is 11.9 Å². The number of fused-ring (bicyclic) bond motifs is 2. The van der Waals surface area contributed by atoms with Crippen LogP contribution in [0.5, 0.6) is 0 Å². The van der Waals surface area contributed by atoms with Crippen LogP contribution in [0.2, 0.25) is 0 Å². The van der Waals surface area contributed by atoms with Crippen LogP contribution >= 0.6 is 0 Å².